The smallest absolute Gasteiger partial charge is 0.141 e. The highest BCUT2D eigenvalue weighted by atomic mass is 16.3. The highest BCUT2D eigenvalue weighted by molar-refractivity contribution is 5.90. The van der Waals surface area contributed by atoms with E-state index in [-0.39, 0.29) is 5.75 Å². The topological polar surface area (TPSA) is 32.6 Å². The van der Waals surface area contributed by atoms with E-state index in [1.54, 1.807) is 6.07 Å². The average molecular weight is 173 g/mol. The van der Waals surface area contributed by atoms with E-state index in [9.17, 15) is 5.11 Å². The van der Waals surface area contributed by atoms with Crippen LogP contribution in [0.25, 0.3) is 6.08 Å². The van der Waals surface area contributed by atoms with E-state index in [0.29, 0.717) is 5.69 Å². The summed E-state index contributed by atoms with van der Waals surface area (Å²) in [4.78, 5) is 4.34. The van der Waals surface area contributed by atoms with Crippen molar-refractivity contribution in [1.29, 1.82) is 0 Å². The number of hydrogen-bond donors (Lipinski definition) is 1. The second-order valence-electron chi connectivity index (χ2n) is 3.17. The maximum absolute atomic E-state index is 9.56. The van der Waals surface area contributed by atoms with E-state index in [1.165, 1.54) is 0 Å². The second kappa shape index (κ2) is 3.05. The number of para-hydroxylation sites is 1. The van der Waals surface area contributed by atoms with Crippen molar-refractivity contribution in [3.05, 3.63) is 29.8 Å². The van der Waals surface area contributed by atoms with E-state index in [1.807, 2.05) is 25.1 Å². The van der Waals surface area contributed by atoms with Crippen molar-refractivity contribution in [3.8, 4) is 5.75 Å². The highest BCUT2D eigenvalue weighted by Gasteiger charge is 2.06. The van der Waals surface area contributed by atoms with Crippen molar-refractivity contribution in [2.45, 2.75) is 13.3 Å². The third kappa shape index (κ3) is 1.47. The fraction of sp³-hybridized carbons (Fsp3) is 0.182. The standard InChI is InChI=1S/C11H11NO/c1-8-4-2-5-9-6-3-7-10(13)11(9)12-8/h2-3,5-7,13H,4H2,1H3. The van der Waals surface area contributed by atoms with Gasteiger partial charge in [0.15, 0.2) is 0 Å². The van der Waals surface area contributed by atoms with Gasteiger partial charge in [0.25, 0.3) is 0 Å². The maximum atomic E-state index is 9.56. The van der Waals surface area contributed by atoms with Gasteiger partial charge in [0.05, 0.1) is 0 Å². The molecule has 1 aliphatic rings. The van der Waals surface area contributed by atoms with Crippen LogP contribution in [0.1, 0.15) is 18.9 Å². The fourth-order valence-corrected chi connectivity index (χ4v) is 1.40. The molecule has 1 heterocycles. The predicted molar refractivity (Wildman–Crippen MR) is 54.5 cm³/mol. The third-order valence-electron chi connectivity index (χ3n) is 2.06. The molecule has 0 saturated heterocycles. The van der Waals surface area contributed by atoms with Crippen molar-refractivity contribution < 1.29 is 5.11 Å². The molecule has 0 fully saturated rings. The number of phenols is 1. The summed E-state index contributed by atoms with van der Waals surface area (Å²) >= 11 is 0. The molecule has 66 valence electrons. The van der Waals surface area contributed by atoms with Crippen molar-refractivity contribution in [1.82, 2.24) is 0 Å². The van der Waals surface area contributed by atoms with Gasteiger partial charge >= 0.3 is 0 Å². The Bertz CT molecular complexity index is 391. The van der Waals surface area contributed by atoms with Crippen LogP contribution in [0.3, 0.4) is 0 Å². The molecular formula is C11H11NO. The minimum atomic E-state index is 0.253. The van der Waals surface area contributed by atoms with Crippen molar-refractivity contribution in [2.75, 3.05) is 0 Å². The molecule has 2 rings (SSSR count). The number of nitrogens with zero attached hydrogens (tertiary/aromatic N) is 1. The number of phenolic OH excluding ortho intramolecular Hbond substituents is 1. The Balaban J connectivity index is 2.65. The Morgan fingerprint density at radius 1 is 1.38 bits per heavy atom. The minimum Gasteiger partial charge on any atom is -0.506 e. The SMILES string of the molecule is CC1=Nc2c(O)cccc2C=CC1. The van der Waals surface area contributed by atoms with Crippen LogP contribution in [0.2, 0.25) is 0 Å². The van der Waals surface area contributed by atoms with Gasteiger partial charge in [0.1, 0.15) is 11.4 Å². The average Bonchev–Trinajstić information content (AvgIpc) is 2.28. The van der Waals surface area contributed by atoms with Gasteiger partial charge in [-0.3, -0.25) is 4.99 Å². The molecule has 13 heavy (non-hydrogen) atoms. The molecule has 0 bridgehead atoms. The lowest BCUT2D eigenvalue weighted by Gasteiger charge is -2.02. The number of benzene rings is 1. The number of allylic oxidation sites excluding steroid dienone is 1. The normalized spacial score (nSPS) is 14.7. The van der Waals surface area contributed by atoms with Crippen LogP contribution in [-0.4, -0.2) is 10.8 Å². The molecule has 2 heteroatoms. The summed E-state index contributed by atoms with van der Waals surface area (Å²) in [6.07, 6.45) is 4.91. The van der Waals surface area contributed by atoms with E-state index in [2.05, 4.69) is 11.1 Å². The van der Waals surface area contributed by atoms with E-state index < -0.39 is 0 Å². The first-order chi connectivity index (χ1) is 6.27. The summed E-state index contributed by atoms with van der Waals surface area (Å²) in [6.45, 7) is 1.96. The molecule has 0 radical (unpaired) electrons. The number of hydrogen-bond acceptors (Lipinski definition) is 2. The van der Waals surface area contributed by atoms with Gasteiger partial charge in [0, 0.05) is 17.7 Å². The first-order valence-electron chi connectivity index (χ1n) is 4.30. The minimum absolute atomic E-state index is 0.253. The maximum Gasteiger partial charge on any atom is 0.141 e. The number of fused-ring (bicyclic) bond motifs is 1. The summed E-state index contributed by atoms with van der Waals surface area (Å²) < 4.78 is 0. The monoisotopic (exact) mass is 173 g/mol. The molecular weight excluding hydrogens is 162 g/mol. The lowest BCUT2D eigenvalue weighted by Crippen LogP contribution is -1.84. The summed E-state index contributed by atoms with van der Waals surface area (Å²) in [5, 5.41) is 9.56. The van der Waals surface area contributed by atoms with Crippen molar-refractivity contribution >= 4 is 17.5 Å². The zero-order valence-electron chi connectivity index (χ0n) is 7.49. The number of rotatable bonds is 0. The van der Waals surface area contributed by atoms with Gasteiger partial charge in [-0.1, -0.05) is 24.3 Å². The van der Waals surface area contributed by atoms with E-state index in [4.69, 9.17) is 0 Å². The van der Waals surface area contributed by atoms with Crippen LogP contribution in [0, 0.1) is 0 Å². The van der Waals surface area contributed by atoms with Gasteiger partial charge in [-0.05, 0) is 13.0 Å². The molecule has 0 aromatic heterocycles. The first-order valence-corrected chi connectivity index (χ1v) is 4.30. The van der Waals surface area contributed by atoms with Crippen LogP contribution < -0.4 is 0 Å². The number of aliphatic imine (C=N–C) groups is 1. The molecule has 0 aliphatic carbocycles. The van der Waals surface area contributed by atoms with Crippen LogP contribution >= 0.6 is 0 Å². The second-order valence-corrected chi connectivity index (χ2v) is 3.17. The summed E-state index contributed by atoms with van der Waals surface area (Å²) in [7, 11) is 0. The highest BCUT2D eigenvalue weighted by Crippen LogP contribution is 2.32. The quantitative estimate of drug-likeness (QED) is 0.642. The molecule has 0 saturated carbocycles. The van der Waals surface area contributed by atoms with Crippen LogP contribution in [0.5, 0.6) is 5.75 Å². The van der Waals surface area contributed by atoms with Crippen molar-refractivity contribution in [3.63, 3.8) is 0 Å². The van der Waals surface area contributed by atoms with E-state index >= 15 is 0 Å². The summed E-state index contributed by atoms with van der Waals surface area (Å²) in [6, 6.07) is 5.44. The molecule has 1 aromatic rings. The fourth-order valence-electron chi connectivity index (χ4n) is 1.40. The Labute approximate surface area is 77.3 Å². The Kier molecular flexibility index (Phi) is 1.89. The van der Waals surface area contributed by atoms with Crippen LogP contribution in [0.15, 0.2) is 29.3 Å². The molecule has 2 nitrogen and oxygen atoms in total. The molecule has 0 spiro atoms. The van der Waals surface area contributed by atoms with Gasteiger partial charge in [0.2, 0.25) is 0 Å². The Hall–Kier alpha value is -1.57. The lowest BCUT2D eigenvalue weighted by atomic mass is 10.1. The van der Waals surface area contributed by atoms with Gasteiger partial charge in [-0.15, -0.1) is 0 Å². The Morgan fingerprint density at radius 2 is 2.23 bits per heavy atom. The number of aromatic hydroxyl groups is 1. The zero-order chi connectivity index (χ0) is 9.26. The van der Waals surface area contributed by atoms with Crippen LogP contribution in [0.4, 0.5) is 5.69 Å². The third-order valence-corrected chi connectivity index (χ3v) is 2.06. The lowest BCUT2D eigenvalue weighted by molar-refractivity contribution is 0.477. The molecule has 1 aromatic carbocycles. The van der Waals surface area contributed by atoms with E-state index in [0.717, 1.165) is 17.7 Å². The Morgan fingerprint density at radius 3 is 3.08 bits per heavy atom. The van der Waals surface area contributed by atoms with Gasteiger partial charge in [-0.25, -0.2) is 0 Å². The largest absolute Gasteiger partial charge is 0.506 e. The molecule has 1 N–H and O–H groups in total. The summed E-state index contributed by atoms with van der Waals surface area (Å²) in [5.41, 5.74) is 2.70. The summed E-state index contributed by atoms with van der Waals surface area (Å²) in [5.74, 6) is 0.253. The van der Waals surface area contributed by atoms with Crippen molar-refractivity contribution in [2.24, 2.45) is 4.99 Å². The predicted octanol–water partition coefficient (Wildman–Crippen LogP) is 2.90. The zero-order valence-corrected chi connectivity index (χ0v) is 7.49. The van der Waals surface area contributed by atoms with Crippen LogP contribution in [-0.2, 0) is 0 Å². The van der Waals surface area contributed by atoms with Gasteiger partial charge < -0.3 is 5.11 Å². The molecule has 0 atom stereocenters. The molecule has 1 aliphatic heterocycles. The van der Waals surface area contributed by atoms with Gasteiger partial charge in [-0.2, -0.15) is 0 Å². The first kappa shape index (κ1) is 8.05. The molecule has 0 amide bonds. The molecule has 0 unspecified atom stereocenters.